The number of nitrogens with two attached hydrogens (primary N) is 1. The van der Waals surface area contributed by atoms with Crippen molar-refractivity contribution in [1.29, 1.82) is 0 Å². The van der Waals surface area contributed by atoms with Crippen LogP contribution in [0.5, 0.6) is 0 Å². The number of allylic oxidation sites excluding steroid dienone is 2. The molecule has 0 saturated heterocycles. The van der Waals surface area contributed by atoms with Crippen LogP contribution in [0.15, 0.2) is 48.3 Å². The molecule has 0 bridgehead atoms. The smallest absolute Gasteiger partial charge is 0.220 e. The second-order valence-corrected chi connectivity index (χ2v) is 5.44. The average molecular weight is 296 g/mol. The quantitative estimate of drug-likeness (QED) is 0.748. The van der Waals surface area contributed by atoms with Gasteiger partial charge in [0.25, 0.3) is 0 Å². The van der Waals surface area contributed by atoms with Crippen LogP contribution in [0, 0.1) is 5.82 Å². The zero-order valence-corrected chi connectivity index (χ0v) is 12.5. The van der Waals surface area contributed by atoms with Crippen molar-refractivity contribution in [2.75, 3.05) is 5.73 Å². The van der Waals surface area contributed by atoms with Crippen molar-refractivity contribution < 1.29 is 4.39 Å². The summed E-state index contributed by atoms with van der Waals surface area (Å²) in [5.41, 5.74) is 9.41. The van der Waals surface area contributed by atoms with E-state index in [1.165, 1.54) is 17.7 Å². The molecule has 0 unspecified atom stereocenters. The van der Waals surface area contributed by atoms with Gasteiger partial charge in [0.1, 0.15) is 5.82 Å². The molecule has 2 heterocycles. The summed E-state index contributed by atoms with van der Waals surface area (Å²) in [6, 6.07) is 6.57. The number of hydrogen-bond acceptors (Lipinski definition) is 3. The van der Waals surface area contributed by atoms with E-state index in [2.05, 4.69) is 34.5 Å². The van der Waals surface area contributed by atoms with E-state index in [0.29, 0.717) is 5.69 Å². The molecule has 0 aliphatic heterocycles. The van der Waals surface area contributed by atoms with Gasteiger partial charge in [-0.2, -0.15) is 0 Å². The molecule has 112 valence electrons. The zero-order valence-electron chi connectivity index (χ0n) is 12.5. The highest BCUT2D eigenvalue weighted by Gasteiger charge is 2.12. The molecule has 0 amide bonds. The monoisotopic (exact) mass is 296 g/mol. The van der Waals surface area contributed by atoms with Crippen LogP contribution in [0.25, 0.3) is 22.2 Å². The van der Waals surface area contributed by atoms with Crippen LogP contribution in [-0.4, -0.2) is 14.5 Å². The Morgan fingerprint density at radius 2 is 2.14 bits per heavy atom. The molecule has 3 rings (SSSR count). The molecule has 0 aliphatic carbocycles. The van der Waals surface area contributed by atoms with E-state index >= 15 is 0 Å². The Kier molecular flexibility index (Phi) is 3.63. The van der Waals surface area contributed by atoms with Gasteiger partial charge in [-0.3, -0.25) is 0 Å². The molecular weight excluding hydrogens is 279 g/mol. The van der Waals surface area contributed by atoms with E-state index in [1.54, 1.807) is 18.3 Å². The Bertz CT molecular complexity index is 860. The maximum absolute atomic E-state index is 13.7. The lowest BCUT2D eigenvalue weighted by atomic mass is 10.1. The van der Waals surface area contributed by atoms with Gasteiger partial charge < -0.3 is 10.3 Å². The van der Waals surface area contributed by atoms with Gasteiger partial charge in [-0.15, -0.1) is 0 Å². The van der Waals surface area contributed by atoms with Crippen LogP contribution in [-0.2, 0) is 6.54 Å². The lowest BCUT2D eigenvalue weighted by Gasteiger charge is -2.01. The van der Waals surface area contributed by atoms with Crippen LogP contribution < -0.4 is 5.73 Å². The van der Waals surface area contributed by atoms with E-state index in [9.17, 15) is 4.39 Å². The first-order valence-electron chi connectivity index (χ1n) is 7.05. The summed E-state index contributed by atoms with van der Waals surface area (Å²) in [5, 5.41) is 0.820. The van der Waals surface area contributed by atoms with Gasteiger partial charge in [0.2, 0.25) is 5.95 Å². The lowest BCUT2D eigenvalue weighted by Crippen LogP contribution is -1.95. The van der Waals surface area contributed by atoms with Gasteiger partial charge in [-0.25, -0.2) is 14.4 Å². The number of aromatic nitrogens is 3. The SMILES string of the molecule is CC(C)=CCn1cc(-c2ccnc(N)n2)c2cc(F)ccc21. The number of benzene rings is 1. The number of hydrogen-bond donors (Lipinski definition) is 1. The summed E-state index contributed by atoms with van der Waals surface area (Å²) >= 11 is 0. The number of anilines is 1. The maximum Gasteiger partial charge on any atom is 0.220 e. The highest BCUT2D eigenvalue weighted by atomic mass is 19.1. The minimum Gasteiger partial charge on any atom is -0.368 e. The fourth-order valence-electron chi connectivity index (χ4n) is 2.43. The number of halogens is 1. The third-order valence-electron chi connectivity index (χ3n) is 3.49. The Balaban J connectivity index is 2.21. The van der Waals surface area contributed by atoms with E-state index in [4.69, 9.17) is 5.73 Å². The molecule has 2 aromatic heterocycles. The van der Waals surface area contributed by atoms with E-state index in [0.717, 1.165) is 23.0 Å². The van der Waals surface area contributed by atoms with Crippen LogP contribution in [0.3, 0.4) is 0 Å². The fraction of sp³-hybridized carbons (Fsp3) is 0.176. The van der Waals surface area contributed by atoms with Crippen molar-refractivity contribution >= 4 is 16.9 Å². The molecule has 0 atom stereocenters. The summed E-state index contributed by atoms with van der Waals surface area (Å²) in [7, 11) is 0. The number of fused-ring (bicyclic) bond motifs is 1. The molecule has 4 nitrogen and oxygen atoms in total. The Morgan fingerprint density at radius 3 is 2.86 bits per heavy atom. The molecule has 0 saturated carbocycles. The van der Waals surface area contributed by atoms with Gasteiger partial charge in [0.05, 0.1) is 5.69 Å². The first-order chi connectivity index (χ1) is 10.5. The minimum atomic E-state index is -0.268. The van der Waals surface area contributed by atoms with Gasteiger partial charge in [0.15, 0.2) is 0 Å². The highest BCUT2D eigenvalue weighted by Crippen LogP contribution is 2.30. The van der Waals surface area contributed by atoms with Gasteiger partial charge >= 0.3 is 0 Å². The largest absolute Gasteiger partial charge is 0.368 e. The van der Waals surface area contributed by atoms with Crippen LogP contribution in [0.1, 0.15) is 13.8 Å². The van der Waals surface area contributed by atoms with E-state index in [-0.39, 0.29) is 11.8 Å². The fourth-order valence-corrected chi connectivity index (χ4v) is 2.43. The van der Waals surface area contributed by atoms with Crippen molar-refractivity contribution in [2.45, 2.75) is 20.4 Å². The second kappa shape index (κ2) is 5.60. The maximum atomic E-state index is 13.7. The first-order valence-corrected chi connectivity index (χ1v) is 7.05. The molecule has 22 heavy (non-hydrogen) atoms. The van der Waals surface area contributed by atoms with E-state index in [1.807, 2.05) is 6.20 Å². The van der Waals surface area contributed by atoms with Gasteiger partial charge in [0, 0.05) is 35.4 Å². The van der Waals surface area contributed by atoms with Crippen molar-refractivity contribution in [1.82, 2.24) is 14.5 Å². The predicted molar refractivity (Wildman–Crippen MR) is 86.8 cm³/mol. The molecule has 2 N–H and O–H groups in total. The summed E-state index contributed by atoms with van der Waals surface area (Å²) < 4.78 is 15.7. The molecule has 0 fully saturated rings. The molecule has 1 aromatic carbocycles. The molecule has 3 aromatic rings. The lowest BCUT2D eigenvalue weighted by molar-refractivity contribution is 0.629. The van der Waals surface area contributed by atoms with Gasteiger partial charge in [-0.1, -0.05) is 11.6 Å². The number of rotatable bonds is 3. The van der Waals surface area contributed by atoms with Crippen LogP contribution in [0.4, 0.5) is 10.3 Å². The first kappa shape index (κ1) is 14.3. The zero-order chi connectivity index (χ0) is 15.7. The molecule has 0 aliphatic rings. The van der Waals surface area contributed by atoms with E-state index < -0.39 is 0 Å². The topological polar surface area (TPSA) is 56.7 Å². The molecule has 0 spiro atoms. The Labute approximate surface area is 128 Å². The van der Waals surface area contributed by atoms with Gasteiger partial charge in [-0.05, 0) is 38.1 Å². The Morgan fingerprint density at radius 1 is 1.32 bits per heavy atom. The van der Waals surface area contributed by atoms with Crippen LogP contribution >= 0.6 is 0 Å². The summed E-state index contributed by atoms with van der Waals surface area (Å²) in [6.45, 7) is 4.83. The standard InChI is InChI=1S/C17H17FN4/c1-11(2)6-8-22-10-14(15-5-7-20-17(19)21-15)13-9-12(18)3-4-16(13)22/h3-7,9-10H,8H2,1-2H3,(H2,19,20,21). The number of nitrogen functional groups attached to an aromatic ring is 1. The second-order valence-electron chi connectivity index (χ2n) is 5.44. The normalized spacial score (nSPS) is 10.9. The summed E-state index contributed by atoms with van der Waals surface area (Å²) in [5.74, 6) is -0.0603. The molecule has 5 heteroatoms. The van der Waals surface area contributed by atoms with Crippen molar-refractivity contribution in [2.24, 2.45) is 0 Å². The third-order valence-corrected chi connectivity index (χ3v) is 3.49. The Hall–Kier alpha value is -2.69. The van der Waals surface area contributed by atoms with Crippen molar-refractivity contribution in [3.05, 3.63) is 54.1 Å². The minimum absolute atomic E-state index is 0.208. The van der Waals surface area contributed by atoms with Crippen LogP contribution in [0.2, 0.25) is 0 Å². The summed E-state index contributed by atoms with van der Waals surface area (Å²) in [6.07, 6.45) is 5.71. The van der Waals surface area contributed by atoms with Crippen molar-refractivity contribution in [3.63, 3.8) is 0 Å². The number of nitrogens with zero attached hydrogens (tertiary/aromatic N) is 3. The molecular formula is C17H17FN4. The predicted octanol–water partition coefficient (Wildman–Crippen LogP) is 3.79. The summed E-state index contributed by atoms with van der Waals surface area (Å²) in [4.78, 5) is 8.15. The third kappa shape index (κ3) is 2.70. The highest BCUT2D eigenvalue weighted by molar-refractivity contribution is 5.95. The average Bonchev–Trinajstić information content (AvgIpc) is 2.83. The van der Waals surface area contributed by atoms with Crippen molar-refractivity contribution in [3.8, 4) is 11.3 Å². The molecule has 0 radical (unpaired) electrons.